The Hall–Kier alpha value is -4.53. The van der Waals surface area contributed by atoms with Gasteiger partial charge in [-0.15, -0.1) is 0 Å². The van der Waals surface area contributed by atoms with Gasteiger partial charge in [-0.1, -0.05) is 0 Å². The molecular formula is C33H39N3O6. The van der Waals surface area contributed by atoms with E-state index < -0.39 is 0 Å². The predicted octanol–water partition coefficient (Wildman–Crippen LogP) is 3.80. The Kier molecular flexibility index (Phi) is 10.8. The van der Waals surface area contributed by atoms with Crippen LogP contribution in [0.5, 0.6) is 17.2 Å². The van der Waals surface area contributed by atoms with Gasteiger partial charge in [-0.25, -0.2) is 0 Å². The smallest absolute Gasteiger partial charge is 0.201 e. The van der Waals surface area contributed by atoms with Crippen LogP contribution in [0.2, 0.25) is 0 Å². The van der Waals surface area contributed by atoms with Crippen molar-refractivity contribution in [2.24, 2.45) is 0 Å². The Morgan fingerprint density at radius 3 is 0.881 bits per heavy atom. The van der Waals surface area contributed by atoms with E-state index in [4.69, 9.17) is 14.2 Å². The van der Waals surface area contributed by atoms with Crippen LogP contribution in [0.25, 0.3) is 0 Å². The second-order valence-electron chi connectivity index (χ2n) is 10.1. The van der Waals surface area contributed by atoms with Crippen molar-refractivity contribution >= 4 is 17.1 Å². The van der Waals surface area contributed by atoms with E-state index in [1.165, 1.54) is 18.2 Å². The zero-order valence-corrected chi connectivity index (χ0v) is 24.6. The fourth-order valence-corrected chi connectivity index (χ4v) is 5.23. The maximum Gasteiger partial charge on any atom is 0.201 e. The van der Waals surface area contributed by atoms with E-state index in [-0.39, 0.29) is 16.3 Å². The molecule has 0 atom stereocenters. The summed E-state index contributed by atoms with van der Waals surface area (Å²) in [6, 6.07) is 20.4. The van der Waals surface area contributed by atoms with Gasteiger partial charge >= 0.3 is 0 Å². The summed E-state index contributed by atoms with van der Waals surface area (Å²) in [5.41, 5.74) is 1.50. The van der Waals surface area contributed by atoms with Gasteiger partial charge in [0.15, 0.2) is 0 Å². The van der Waals surface area contributed by atoms with E-state index in [0.29, 0.717) is 73.6 Å². The Labute approximate surface area is 246 Å². The lowest BCUT2D eigenvalue weighted by atomic mass is 10.2. The molecule has 4 rings (SSSR count). The van der Waals surface area contributed by atoms with Crippen LogP contribution < -0.4 is 45.2 Å². The van der Waals surface area contributed by atoms with Gasteiger partial charge in [0.05, 0.1) is 38.4 Å². The molecule has 0 N–H and O–H groups in total. The molecule has 1 fully saturated rings. The molecule has 3 aromatic rings. The van der Waals surface area contributed by atoms with Crippen molar-refractivity contribution in [3.05, 3.63) is 103 Å². The summed E-state index contributed by atoms with van der Waals surface area (Å²) >= 11 is 0. The van der Waals surface area contributed by atoms with Crippen molar-refractivity contribution < 1.29 is 14.2 Å². The van der Waals surface area contributed by atoms with Gasteiger partial charge < -0.3 is 28.9 Å². The number of ether oxygens (including phenoxy) is 3. The first kappa shape index (κ1) is 30.4. The normalized spacial score (nSPS) is 14.8. The molecule has 42 heavy (non-hydrogen) atoms. The maximum absolute atomic E-state index is 13.1. The summed E-state index contributed by atoms with van der Waals surface area (Å²) in [6.45, 7) is 3.74. The number of rotatable bonds is 6. The second-order valence-corrected chi connectivity index (χ2v) is 10.1. The minimum Gasteiger partial charge on any atom is -0.497 e. The zero-order valence-electron chi connectivity index (χ0n) is 24.6. The molecule has 0 saturated carbocycles. The highest BCUT2D eigenvalue weighted by Crippen LogP contribution is 2.19. The molecule has 1 aliphatic heterocycles. The quantitative estimate of drug-likeness (QED) is 0.437. The molecule has 0 bridgehead atoms. The Morgan fingerprint density at radius 1 is 0.405 bits per heavy atom. The number of nitrogens with zero attached hydrogens (tertiary/aromatic N) is 3. The SMILES string of the molecule is COc1ccc(N2CCCN(c3ccc(OC)ccc3=O)CCCN(c3ccc(OC)ccc3=O)CCC2)c(=O)cc1. The predicted molar refractivity (Wildman–Crippen MR) is 168 cm³/mol. The lowest BCUT2D eigenvalue weighted by Crippen LogP contribution is -2.39. The number of anilines is 3. The first-order valence-corrected chi connectivity index (χ1v) is 14.2. The van der Waals surface area contributed by atoms with E-state index in [2.05, 4.69) is 14.7 Å². The highest BCUT2D eigenvalue weighted by atomic mass is 16.5. The van der Waals surface area contributed by atoms with Crippen molar-refractivity contribution in [1.29, 1.82) is 0 Å². The van der Waals surface area contributed by atoms with Crippen LogP contribution in [-0.4, -0.2) is 60.6 Å². The molecule has 0 amide bonds. The molecule has 0 radical (unpaired) electrons. The first-order chi connectivity index (χ1) is 20.4. The molecule has 0 unspecified atom stereocenters. The molecule has 0 spiro atoms. The summed E-state index contributed by atoms with van der Waals surface area (Å²) in [7, 11) is 4.73. The van der Waals surface area contributed by atoms with Crippen LogP contribution in [0, 0.1) is 0 Å². The van der Waals surface area contributed by atoms with Crippen LogP contribution in [-0.2, 0) is 0 Å². The average molecular weight is 574 g/mol. The van der Waals surface area contributed by atoms with E-state index in [1.807, 2.05) is 0 Å². The lowest BCUT2D eigenvalue weighted by molar-refractivity contribution is 0.415. The number of hydrogen-bond donors (Lipinski definition) is 0. The highest BCUT2D eigenvalue weighted by Gasteiger charge is 2.17. The fourth-order valence-electron chi connectivity index (χ4n) is 5.23. The third kappa shape index (κ3) is 7.81. The summed E-state index contributed by atoms with van der Waals surface area (Å²) in [4.78, 5) is 45.6. The molecule has 0 aromatic heterocycles. The van der Waals surface area contributed by atoms with E-state index in [0.717, 1.165) is 19.3 Å². The molecule has 1 heterocycles. The molecule has 9 nitrogen and oxygen atoms in total. The molecule has 9 heteroatoms. The molecule has 1 aliphatic rings. The minimum absolute atomic E-state index is 0.0906. The third-order valence-electron chi connectivity index (χ3n) is 7.47. The lowest BCUT2D eigenvalue weighted by Gasteiger charge is -2.31. The van der Waals surface area contributed by atoms with Gasteiger partial charge in [-0.05, 0) is 92.1 Å². The summed E-state index contributed by atoms with van der Waals surface area (Å²) in [5, 5.41) is 0. The number of methoxy groups -OCH3 is 3. The molecule has 1 saturated heterocycles. The van der Waals surface area contributed by atoms with Gasteiger partial charge in [0, 0.05) is 39.3 Å². The average Bonchev–Trinajstić information content (AvgIpc) is 3.39. The number of hydrogen-bond acceptors (Lipinski definition) is 9. The van der Waals surface area contributed by atoms with Gasteiger partial charge in [0.25, 0.3) is 0 Å². The monoisotopic (exact) mass is 573 g/mol. The van der Waals surface area contributed by atoms with E-state index >= 15 is 0 Å². The topological polar surface area (TPSA) is 88.6 Å². The van der Waals surface area contributed by atoms with Crippen LogP contribution in [0.3, 0.4) is 0 Å². The summed E-state index contributed by atoms with van der Waals surface area (Å²) < 4.78 is 16.0. The first-order valence-electron chi connectivity index (χ1n) is 14.2. The van der Waals surface area contributed by atoms with Crippen LogP contribution in [0.15, 0.2) is 87.2 Å². The Balaban J connectivity index is 1.70. The van der Waals surface area contributed by atoms with E-state index in [1.54, 1.807) is 75.9 Å². The summed E-state index contributed by atoms with van der Waals surface area (Å²) in [5.74, 6) is 1.82. The van der Waals surface area contributed by atoms with Gasteiger partial charge in [0.1, 0.15) is 17.2 Å². The van der Waals surface area contributed by atoms with Crippen LogP contribution in [0.1, 0.15) is 19.3 Å². The fraction of sp³-hybridized carbons (Fsp3) is 0.364. The van der Waals surface area contributed by atoms with Gasteiger partial charge in [0.2, 0.25) is 16.3 Å². The zero-order chi connectivity index (χ0) is 29.9. The van der Waals surface area contributed by atoms with Crippen molar-refractivity contribution in [3.8, 4) is 17.2 Å². The maximum atomic E-state index is 13.1. The minimum atomic E-state index is -0.0906. The Morgan fingerprint density at radius 2 is 0.643 bits per heavy atom. The third-order valence-corrected chi connectivity index (χ3v) is 7.47. The molecular weight excluding hydrogens is 534 g/mol. The van der Waals surface area contributed by atoms with Crippen molar-refractivity contribution in [2.45, 2.75) is 19.3 Å². The van der Waals surface area contributed by atoms with Crippen molar-refractivity contribution in [3.63, 3.8) is 0 Å². The largest absolute Gasteiger partial charge is 0.497 e. The van der Waals surface area contributed by atoms with Crippen molar-refractivity contribution in [1.82, 2.24) is 0 Å². The summed E-state index contributed by atoms with van der Waals surface area (Å²) in [6.07, 6.45) is 2.23. The molecule has 3 aromatic carbocycles. The van der Waals surface area contributed by atoms with Crippen LogP contribution in [0.4, 0.5) is 17.1 Å². The van der Waals surface area contributed by atoms with E-state index in [9.17, 15) is 14.4 Å². The van der Waals surface area contributed by atoms with Crippen molar-refractivity contribution in [2.75, 3.05) is 75.3 Å². The Bertz CT molecular complexity index is 1340. The molecule has 222 valence electrons. The van der Waals surface area contributed by atoms with Gasteiger partial charge in [-0.3, -0.25) is 14.4 Å². The standard InChI is InChI=1S/C33H39N3O6/c1-40-25-7-13-28(31(37)16-10-25)34-19-4-21-35(29-14-8-26(41-2)11-17-32(29)38)23-6-24-36(22-5-20-34)30-15-9-27(42-3)12-18-33(30)39/h7-18H,4-6,19-24H2,1-3H3. The highest BCUT2D eigenvalue weighted by molar-refractivity contribution is 5.50. The second kappa shape index (κ2) is 14.9. The van der Waals surface area contributed by atoms with Crippen LogP contribution >= 0.6 is 0 Å². The molecule has 0 aliphatic carbocycles. The van der Waals surface area contributed by atoms with Gasteiger partial charge in [-0.2, -0.15) is 0 Å².